The number of fused-ring (bicyclic) bond motifs is 2. The number of H-pyrrole nitrogens is 1. The molecule has 14 nitrogen and oxygen atoms in total. The van der Waals surface area contributed by atoms with Crippen LogP contribution in [0.5, 0.6) is 5.75 Å². The molecule has 0 atom stereocenters. The first kappa shape index (κ1) is 37.3. The van der Waals surface area contributed by atoms with E-state index < -0.39 is 65.5 Å². The topological polar surface area (TPSA) is 196 Å². The zero-order valence-corrected chi connectivity index (χ0v) is 29.0. The molecule has 0 bridgehead atoms. The molecule has 0 saturated carbocycles. The minimum atomic E-state index is -1.23. The Hall–Kier alpha value is -6.00. The lowest BCUT2D eigenvalue weighted by Gasteiger charge is -2.17. The van der Waals surface area contributed by atoms with E-state index >= 15 is 0 Å². The molecule has 0 aliphatic rings. The molecule has 268 valence electrons. The van der Waals surface area contributed by atoms with Gasteiger partial charge in [0.25, 0.3) is 5.56 Å². The van der Waals surface area contributed by atoms with Crippen LogP contribution in [0.25, 0.3) is 33.4 Å². The summed E-state index contributed by atoms with van der Waals surface area (Å²) in [5, 5.41) is 31.5. The van der Waals surface area contributed by atoms with Crippen LogP contribution in [0.3, 0.4) is 0 Å². The van der Waals surface area contributed by atoms with Crippen molar-refractivity contribution in [2.45, 2.75) is 39.5 Å². The number of rotatable bonds is 6. The summed E-state index contributed by atoms with van der Waals surface area (Å²) in [4.78, 5) is 64.3. The second-order valence-corrected chi connectivity index (χ2v) is 12.7. The van der Waals surface area contributed by atoms with E-state index in [1.54, 1.807) is 48.5 Å². The number of hydrogen-bond acceptors (Lipinski definition) is 9. The number of hydrogen-bond donors (Lipinski definition) is 2. The van der Waals surface area contributed by atoms with Gasteiger partial charge in [0.15, 0.2) is 22.4 Å². The van der Waals surface area contributed by atoms with E-state index in [-0.39, 0.29) is 33.9 Å². The maximum Gasteiger partial charge on any atom is 0.376 e. The second-order valence-electron chi connectivity index (χ2n) is 11.9. The normalized spacial score (nSPS) is 11.3. The van der Waals surface area contributed by atoms with Gasteiger partial charge in [-0.1, -0.05) is 87.3 Å². The molecule has 0 saturated heterocycles. The molecule has 18 heteroatoms. The fourth-order valence-corrected chi connectivity index (χ4v) is 6.06. The molecule has 0 amide bonds. The number of aromatic nitrogens is 4. The molecule has 0 radical (unpaired) electrons. The van der Waals surface area contributed by atoms with E-state index in [2.05, 4.69) is 9.97 Å². The molecular formula is C34H26Cl2F2N6O8. The fraction of sp³-hybridized carbons (Fsp3) is 0.176. The first-order valence-electron chi connectivity index (χ1n) is 15.3. The zero-order chi connectivity index (χ0) is 38.3. The Balaban J connectivity index is 0.000000201. The van der Waals surface area contributed by atoms with Crippen molar-refractivity contribution in [3.05, 3.63) is 145 Å². The van der Waals surface area contributed by atoms with Crippen LogP contribution in [0.15, 0.2) is 75.0 Å². The highest BCUT2D eigenvalue weighted by Gasteiger charge is 2.30. The number of aromatic hydroxyl groups is 1. The standard InChI is InChI=1S/C17H12Cl2FN3O3.C17H14FN3O5/c1-8(2)9-5-3-4-6-12(9)22-16-10(7-11(20)15(19)21-16)13(18)14(17(22)24)23(25)26;1-8(2)9-5-3-4-6-12(9)20-15-10(7-11(18)16(23)19-15)14(22)13(17(20)24)21(25)26/h3-8H,1-2H3;3-8,22H,1-2H3,(H,19,23). The maximum absolute atomic E-state index is 13.9. The van der Waals surface area contributed by atoms with Crippen LogP contribution < -0.4 is 16.7 Å². The van der Waals surface area contributed by atoms with Crippen LogP contribution in [0.4, 0.5) is 20.2 Å². The van der Waals surface area contributed by atoms with E-state index in [9.17, 15) is 48.5 Å². The molecule has 0 unspecified atom stereocenters. The van der Waals surface area contributed by atoms with Crippen LogP contribution in [0.1, 0.15) is 50.7 Å². The van der Waals surface area contributed by atoms with Gasteiger partial charge in [-0.2, -0.15) is 0 Å². The summed E-state index contributed by atoms with van der Waals surface area (Å²) >= 11 is 11.8. The Morgan fingerprint density at radius 1 is 0.769 bits per heavy atom. The van der Waals surface area contributed by atoms with Gasteiger partial charge in [-0.15, -0.1) is 0 Å². The number of pyridine rings is 4. The number of nitrogens with one attached hydrogen (secondary N) is 1. The third-order valence-corrected chi connectivity index (χ3v) is 8.67. The molecule has 6 rings (SSSR count). The third kappa shape index (κ3) is 6.49. The Bertz CT molecular complexity index is 2640. The lowest BCUT2D eigenvalue weighted by Crippen LogP contribution is -2.25. The van der Waals surface area contributed by atoms with Gasteiger partial charge < -0.3 is 10.1 Å². The Labute approximate surface area is 300 Å². The second kappa shape index (κ2) is 14.3. The minimum absolute atomic E-state index is 0.0128. The monoisotopic (exact) mass is 754 g/mol. The minimum Gasteiger partial charge on any atom is -0.501 e. The molecule has 0 aliphatic carbocycles. The zero-order valence-electron chi connectivity index (χ0n) is 27.5. The van der Waals surface area contributed by atoms with Crippen LogP contribution in [0.2, 0.25) is 10.2 Å². The molecule has 0 spiro atoms. The van der Waals surface area contributed by atoms with E-state index in [4.69, 9.17) is 23.2 Å². The van der Waals surface area contributed by atoms with Gasteiger partial charge in [-0.25, -0.2) is 13.8 Å². The van der Waals surface area contributed by atoms with Gasteiger partial charge in [0.2, 0.25) is 5.75 Å². The van der Waals surface area contributed by atoms with Crippen molar-refractivity contribution in [3.8, 4) is 17.1 Å². The van der Waals surface area contributed by atoms with E-state index in [1.165, 1.54) is 0 Å². The highest BCUT2D eigenvalue weighted by atomic mass is 35.5. The van der Waals surface area contributed by atoms with Gasteiger partial charge in [0.05, 0.1) is 26.6 Å². The van der Waals surface area contributed by atoms with E-state index in [1.807, 2.05) is 27.7 Å². The van der Waals surface area contributed by atoms with Crippen molar-refractivity contribution < 1.29 is 23.7 Å². The average Bonchev–Trinajstić information content (AvgIpc) is 3.07. The summed E-state index contributed by atoms with van der Waals surface area (Å²) in [7, 11) is 0. The Kier molecular flexibility index (Phi) is 10.3. The summed E-state index contributed by atoms with van der Waals surface area (Å²) in [5.41, 5.74) is -3.29. The predicted octanol–water partition coefficient (Wildman–Crippen LogP) is 7.42. The number of nitrogens with zero attached hydrogens (tertiary/aromatic N) is 5. The number of para-hydroxylation sites is 2. The molecule has 6 aromatic rings. The first-order valence-corrected chi connectivity index (χ1v) is 16.0. The molecule has 4 aromatic heterocycles. The molecule has 2 N–H and O–H groups in total. The molecule has 2 aromatic carbocycles. The maximum atomic E-state index is 13.9. The predicted molar refractivity (Wildman–Crippen MR) is 191 cm³/mol. The summed E-state index contributed by atoms with van der Waals surface area (Å²) in [6.45, 7) is 7.56. The van der Waals surface area contributed by atoms with Gasteiger partial charge in [0, 0.05) is 5.39 Å². The van der Waals surface area contributed by atoms with Crippen LogP contribution in [-0.2, 0) is 0 Å². The van der Waals surface area contributed by atoms with Gasteiger partial charge in [-0.3, -0.25) is 43.7 Å². The largest absolute Gasteiger partial charge is 0.501 e. The third-order valence-electron chi connectivity index (χ3n) is 8.02. The lowest BCUT2D eigenvalue weighted by molar-refractivity contribution is -0.387. The lowest BCUT2D eigenvalue weighted by atomic mass is 10.0. The number of benzene rings is 2. The number of aromatic amines is 1. The quantitative estimate of drug-likeness (QED) is 0.0987. The first-order chi connectivity index (χ1) is 24.5. The molecule has 4 heterocycles. The van der Waals surface area contributed by atoms with Crippen LogP contribution in [-0.4, -0.2) is 34.1 Å². The van der Waals surface area contributed by atoms with Gasteiger partial charge >= 0.3 is 22.5 Å². The van der Waals surface area contributed by atoms with E-state index in [0.29, 0.717) is 23.0 Å². The smallest absolute Gasteiger partial charge is 0.376 e. The summed E-state index contributed by atoms with van der Waals surface area (Å²) in [6.07, 6.45) is 0. The highest BCUT2D eigenvalue weighted by Crippen LogP contribution is 2.35. The molecular weight excluding hydrogens is 729 g/mol. The summed E-state index contributed by atoms with van der Waals surface area (Å²) in [6, 6.07) is 15.2. The average molecular weight is 756 g/mol. The van der Waals surface area contributed by atoms with E-state index in [0.717, 1.165) is 20.8 Å². The van der Waals surface area contributed by atoms with Crippen molar-refractivity contribution in [1.29, 1.82) is 0 Å². The van der Waals surface area contributed by atoms with Crippen LogP contribution >= 0.6 is 23.2 Å². The Morgan fingerprint density at radius 3 is 1.77 bits per heavy atom. The number of halogens is 4. The Morgan fingerprint density at radius 2 is 1.25 bits per heavy atom. The molecule has 0 fully saturated rings. The van der Waals surface area contributed by atoms with Crippen molar-refractivity contribution in [3.63, 3.8) is 0 Å². The van der Waals surface area contributed by atoms with Crippen molar-refractivity contribution in [1.82, 2.24) is 19.1 Å². The summed E-state index contributed by atoms with van der Waals surface area (Å²) < 4.78 is 29.6. The fourth-order valence-electron chi connectivity index (χ4n) is 5.64. The van der Waals surface area contributed by atoms with Crippen molar-refractivity contribution >= 4 is 56.6 Å². The highest BCUT2D eigenvalue weighted by molar-refractivity contribution is 6.37. The van der Waals surface area contributed by atoms with Gasteiger partial charge in [0.1, 0.15) is 10.7 Å². The summed E-state index contributed by atoms with van der Waals surface area (Å²) in [5.74, 6) is -3.16. The van der Waals surface area contributed by atoms with Crippen molar-refractivity contribution in [2.24, 2.45) is 0 Å². The SMILES string of the molecule is CC(C)c1ccccc1-n1c(=O)c([N+](=O)[O-])c(Cl)c2cc(F)c(Cl)nc21.CC(C)c1ccccc1-n1c(=O)c([N+](=O)[O-])c(O)c2cc(F)c(=O)[nH]c21. The number of nitro groups is 2. The molecule has 52 heavy (non-hydrogen) atoms. The van der Waals surface area contributed by atoms with Gasteiger partial charge in [-0.05, 0) is 47.2 Å². The van der Waals surface area contributed by atoms with Crippen LogP contribution in [0, 0.1) is 31.9 Å². The molecule has 0 aliphatic heterocycles. The van der Waals surface area contributed by atoms with Crippen molar-refractivity contribution in [2.75, 3.05) is 0 Å².